The molecular weight excluding hydrogens is 397 g/mol. The van der Waals surface area contributed by atoms with Crippen molar-refractivity contribution >= 4 is 41.5 Å². The van der Waals surface area contributed by atoms with E-state index < -0.39 is 29.2 Å². The number of phenols is 1. The van der Waals surface area contributed by atoms with E-state index in [1.807, 2.05) is 0 Å². The van der Waals surface area contributed by atoms with Crippen LogP contribution in [-0.4, -0.2) is 38.3 Å². The van der Waals surface area contributed by atoms with E-state index in [1.54, 1.807) is 12.1 Å². The Labute approximate surface area is 145 Å². The molecule has 0 aliphatic carbocycles. The number of nitrogens with two attached hydrogens (primary N) is 1. The zero-order valence-electron chi connectivity index (χ0n) is 13.0. The number of para-hydroxylation sites is 2. The molecule has 10 nitrogen and oxygen atoms in total. The van der Waals surface area contributed by atoms with Gasteiger partial charge in [0.1, 0.15) is 5.69 Å². The van der Waals surface area contributed by atoms with Gasteiger partial charge in [-0.3, -0.25) is 10.1 Å². The minimum absolute atomic E-state index is 0.0394. The van der Waals surface area contributed by atoms with Crippen molar-refractivity contribution in [1.29, 1.82) is 0 Å². The fourth-order valence-electron chi connectivity index (χ4n) is 1.70. The Hall–Kier alpha value is -2.81. The van der Waals surface area contributed by atoms with Gasteiger partial charge in [0.25, 0.3) is 5.69 Å². The summed E-state index contributed by atoms with van der Waals surface area (Å²) in [5.74, 6) is -0.850. The molecule has 0 fully saturated rings. The van der Waals surface area contributed by atoms with Gasteiger partial charge in [-0.2, -0.15) is 0 Å². The predicted octanol–water partition coefficient (Wildman–Crippen LogP) is 0.0886. The smallest absolute Gasteiger partial charge is 0.292 e. The van der Waals surface area contributed by atoms with Crippen LogP contribution in [0.5, 0.6) is 5.75 Å². The van der Waals surface area contributed by atoms with Crippen molar-refractivity contribution in [3.8, 4) is 5.75 Å². The number of nitro groups is 1. The van der Waals surface area contributed by atoms with Crippen LogP contribution in [0.1, 0.15) is 6.92 Å². The molecule has 0 aliphatic rings. The van der Waals surface area contributed by atoms with Crippen LogP contribution in [0.4, 0.5) is 17.1 Å². The molecular formula is C14H16AsN3O7. The summed E-state index contributed by atoms with van der Waals surface area (Å²) in [6, 6.07) is 9.61. The molecule has 2 aromatic rings. The number of nitrogen functional groups attached to an aromatic ring is 1. The van der Waals surface area contributed by atoms with Crippen LogP contribution in [0.2, 0.25) is 0 Å². The fourth-order valence-corrected chi connectivity index (χ4v) is 3.03. The summed E-state index contributed by atoms with van der Waals surface area (Å²) in [6.07, 6.45) is 0. The number of carbonyl (C=O) groups is 1. The van der Waals surface area contributed by atoms with Gasteiger partial charge < -0.3 is 5.73 Å². The van der Waals surface area contributed by atoms with Crippen LogP contribution in [0.3, 0.4) is 0 Å². The normalized spacial score (nSPS) is 10.4. The van der Waals surface area contributed by atoms with Gasteiger partial charge in [-0.15, -0.1) is 0 Å². The van der Waals surface area contributed by atoms with E-state index in [4.69, 9.17) is 13.9 Å². The quantitative estimate of drug-likeness (QED) is 0.203. The number of hydrogen-bond donors (Lipinski definition) is 5. The Bertz CT molecular complexity index is 835. The average molecular weight is 413 g/mol. The van der Waals surface area contributed by atoms with Crippen LogP contribution in [0, 0.1) is 10.1 Å². The standard InChI is InChI=1S/C8H10AsNO5.C6H6N2O2/c1-5(11)10-6-2-3-7(8(12)4-6)9(13,14)15;7-5-3-1-2-4-6(5)8(9)10/h2-4,12H,1H3,(H,10,11)(H2,13,14,15);1-4H,7H2. The summed E-state index contributed by atoms with van der Waals surface area (Å²) in [7, 11) is 0. The van der Waals surface area contributed by atoms with Gasteiger partial charge in [-0.05, 0) is 6.07 Å². The van der Waals surface area contributed by atoms with Gasteiger partial charge >= 0.3 is 88.1 Å². The number of anilines is 2. The molecule has 134 valence electrons. The van der Waals surface area contributed by atoms with E-state index in [0.717, 1.165) is 12.1 Å². The molecule has 0 aliphatic heterocycles. The van der Waals surface area contributed by atoms with E-state index in [-0.39, 0.29) is 23.0 Å². The van der Waals surface area contributed by atoms with Gasteiger partial charge in [0.2, 0.25) is 0 Å². The largest absolute Gasteiger partial charge is 0.393 e. The third kappa shape index (κ3) is 6.30. The van der Waals surface area contributed by atoms with Crippen molar-refractivity contribution in [2.24, 2.45) is 0 Å². The number of phenolic OH excluding ortho intramolecular Hbond substituents is 1. The zero-order valence-corrected chi connectivity index (χ0v) is 14.9. The minimum Gasteiger partial charge on any atom is -0.393 e. The number of amides is 1. The van der Waals surface area contributed by atoms with Crippen LogP contribution < -0.4 is 15.4 Å². The maximum absolute atomic E-state index is 10.9. The van der Waals surface area contributed by atoms with Crippen LogP contribution in [-0.2, 0) is 8.53 Å². The van der Waals surface area contributed by atoms with E-state index in [2.05, 4.69) is 5.32 Å². The summed E-state index contributed by atoms with van der Waals surface area (Å²) in [5.41, 5.74) is 5.73. The Morgan fingerprint density at radius 2 is 1.84 bits per heavy atom. The van der Waals surface area contributed by atoms with E-state index >= 15 is 0 Å². The molecule has 0 saturated heterocycles. The second-order valence-corrected chi connectivity index (χ2v) is 8.04. The summed E-state index contributed by atoms with van der Waals surface area (Å²) in [6.45, 7) is 1.29. The monoisotopic (exact) mass is 413 g/mol. The summed E-state index contributed by atoms with van der Waals surface area (Å²) in [5, 5.41) is 21.8. The number of aromatic hydroxyl groups is 1. The second-order valence-electron chi connectivity index (χ2n) is 4.74. The van der Waals surface area contributed by atoms with Gasteiger partial charge in [0.05, 0.1) is 4.92 Å². The first-order valence-electron chi connectivity index (χ1n) is 6.68. The number of nitrogens with one attached hydrogen (secondary N) is 1. The van der Waals surface area contributed by atoms with Crippen LogP contribution in [0.25, 0.3) is 0 Å². The van der Waals surface area contributed by atoms with Crippen molar-refractivity contribution < 1.29 is 26.8 Å². The van der Waals surface area contributed by atoms with Crippen molar-refractivity contribution in [2.75, 3.05) is 11.1 Å². The van der Waals surface area contributed by atoms with Gasteiger partial charge in [-0.1, -0.05) is 12.1 Å². The van der Waals surface area contributed by atoms with E-state index in [9.17, 15) is 23.8 Å². The molecule has 11 heteroatoms. The number of nitro benzene ring substituents is 1. The average Bonchev–Trinajstić information content (AvgIpc) is 2.46. The fraction of sp³-hybridized carbons (Fsp3) is 0.0714. The molecule has 0 atom stereocenters. The van der Waals surface area contributed by atoms with Crippen LogP contribution >= 0.6 is 0 Å². The Kier molecular flexibility index (Phi) is 6.75. The second kappa shape index (κ2) is 8.33. The number of hydrogen-bond acceptors (Lipinski definition) is 6. The van der Waals surface area contributed by atoms with Gasteiger partial charge in [0, 0.05) is 6.07 Å². The van der Waals surface area contributed by atoms with Crippen molar-refractivity contribution in [1.82, 2.24) is 0 Å². The molecule has 2 rings (SSSR count). The first kappa shape index (κ1) is 20.2. The van der Waals surface area contributed by atoms with Crippen LogP contribution in [0.15, 0.2) is 42.5 Å². The van der Waals surface area contributed by atoms with Crippen molar-refractivity contribution in [2.45, 2.75) is 6.92 Å². The molecule has 1 amide bonds. The molecule has 0 radical (unpaired) electrons. The van der Waals surface area contributed by atoms with Gasteiger partial charge in [-0.25, -0.2) is 0 Å². The van der Waals surface area contributed by atoms with E-state index in [1.165, 1.54) is 25.1 Å². The molecule has 2 aromatic carbocycles. The van der Waals surface area contributed by atoms with E-state index in [0.29, 0.717) is 0 Å². The number of benzene rings is 2. The Morgan fingerprint density at radius 1 is 1.24 bits per heavy atom. The molecule has 0 unspecified atom stereocenters. The molecule has 0 saturated carbocycles. The van der Waals surface area contributed by atoms with Crippen molar-refractivity contribution in [3.63, 3.8) is 0 Å². The zero-order chi connectivity index (χ0) is 19.2. The number of nitrogens with zero attached hydrogens (tertiary/aromatic N) is 1. The molecule has 25 heavy (non-hydrogen) atoms. The summed E-state index contributed by atoms with van der Waals surface area (Å²) >= 11 is -5.09. The molecule has 0 bridgehead atoms. The maximum Gasteiger partial charge on any atom is 0.292 e. The SMILES string of the molecule is CC(=O)Nc1ccc([As](=O)(O)O)c(O)c1.Nc1ccccc1[N+](=O)[O-]. The van der Waals surface area contributed by atoms with Crippen molar-refractivity contribution in [3.05, 3.63) is 52.6 Å². The molecule has 0 heterocycles. The molecule has 6 N–H and O–H groups in total. The number of rotatable bonds is 3. The maximum atomic E-state index is 10.9. The minimum atomic E-state index is -5.09. The third-order valence-electron chi connectivity index (χ3n) is 2.74. The predicted molar refractivity (Wildman–Crippen MR) is 90.4 cm³/mol. The molecule has 0 aromatic heterocycles. The number of carbonyl (C=O) groups excluding carboxylic acids is 1. The first-order valence-corrected chi connectivity index (χ1v) is 10.1. The summed E-state index contributed by atoms with van der Waals surface area (Å²) < 4.78 is 28.2. The third-order valence-corrected chi connectivity index (χ3v) is 4.85. The first-order chi connectivity index (χ1) is 11.5. The molecule has 0 spiro atoms. The Balaban J connectivity index is 0.000000271. The van der Waals surface area contributed by atoms with Gasteiger partial charge in [0.15, 0.2) is 0 Å². The summed E-state index contributed by atoms with van der Waals surface area (Å²) in [4.78, 5) is 20.3. The topological polar surface area (TPSA) is 176 Å². The Morgan fingerprint density at radius 3 is 2.24 bits per heavy atom.